The maximum Gasteiger partial charge on any atom is 0.354 e. The van der Waals surface area contributed by atoms with E-state index in [0.29, 0.717) is 12.5 Å². The molecular formula is C12H19NO4. The smallest absolute Gasteiger partial charge is 0.354 e. The maximum absolute atomic E-state index is 11.2. The number of nitrogens with zero attached hydrogens (tertiary/aromatic N) is 1. The topological polar surface area (TPSA) is 68.1 Å². The van der Waals surface area contributed by atoms with Crippen LogP contribution in [0.25, 0.3) is 0 Å². The van der Waals surface area contributed by atoms with Crippen molar-refractivity contribution in [1.82, 2.24) is 0 Å². The summed E-state index contributed by atoms with van der Waals surface area (Å²) >= 11 is 0. The molecule has 3 atom stereocenters. The molecule has 17 heavy (non-hydrogen) atoms. The van der Waals surface area contributed by atoms with Gasteiger partial charge < -0.3 is 14.7 Å². The highest BCUT2D eigenvalue weighted by molar-refractivity contribution is 6.37. The molecule has 0 saturated carbocycles. The summed E-state index contributed by atoms with van der Waals surface area (Å²) in [5, 5.41) is 12.9. The van der Waals surface area contributed by atoms with Gasteiger partial charge in [-0.15, -0.1) is 0 Å². The molecular weight excluding hydrogens is 222 g/mol. The number of oxime groups is 1. The van der Waals surface area contributed by atoms with Crippen molar-refractivity contribution in [3.63, 3.8) is 0 Å². The van der Waals surface area contributed by atoms with Crippen LogP contribution in [0, 0.1) is 11.8 Å². The molecule has 2 rings (SSSR count). The Balaban J connectivity index is 2.20. The minimum absolute atomic E-state index is 0.0918. The molecule has 1 fully saturated rings. The van der Waals surface area contributed by atoms with E-state index in [0.717, 1.165) is 12.8 Å². The van der Waals surface area contributed by atoms with Crippen molar-refractivity contribution in [2.75, 3.05) is 6.61 Å². The van der Waals surface area contributed by atoms with Crippen molar-refractivity contribution in [3.05, 3.63) is 0 Å². The first kappa shape index (κ1) is 12.4. The molecule has 0 bridgehead atoms. The van der Waals surface area contributed by atoms with Crippen LogP contribution >= 0.6 is 0 Å². The highest BCUT2D eigenvalue weighted by Crippen LogP contribution is 2.37. The van der Waals surface area contributed by atoms with Crippen LogP contribution < -0.4 is 0 Å². The lowest BCUT2D eigenvalue weighted by atomic mass is 9.78. The normalized spacial score (nSPS) is 36.2. The van der Waals surface area contributed by atoms with Crippen LogP contribution in [0.5, 0.6) is 0 Å². The minimum atomic E-state index is -1.01. The van der Waals surface area contributed by atoms with Crippen LogP contribution in [0.2, 0.25) is 0 Å². The second-order valence-corrected chi connectivity index (χ2v) is 5.49. The van der Waals surface area contributed by atoms with Gasteiger partial charge >= 0.3 is 5.97 Å². The lowest BCUT2D eigenvalue weighted by Crippen LogP contribution is -2.46. The lowest BCUT2D eigenvalue weighted by Gasteiger charge is -2.36. The van der Waals surface area contributed by atoms with E-state index in [1.807, 2.05) is 13.8 Å². The molecule has 0 unspecified atom stereocenters. The van der Waals surface area contributed by atoms with Gasteiger partial charge in [-0.3, -0.25) is 0 Å². The Bertz CT molecular complexity index is 350. The van der Waals surface area contributed by atoms with E-state index in [2.05, 4.69) is 12.1 Å². The summed E-state index contributed by atoms with van der Waals surface area (Å²) in [6, 6.07) is 0. The van der Waals surface area contributed by atoms with Gasteiger partial charge in [-0.05, 0) is 32.6 Å². The number of rotatable bonds is 2. The maximum atomic E-state index is 11.2. The van der Waals surface area contributed by atoms with Gasteiger partial charge in [0.2, 0.25) is 0 Å². The van der Waals surface area contributed by atoms with Crippen molar-refractivity contribution in [1.29, 1.82) is 0 Å². The van der Waals surface area contributed by atoms with Crippen LogP contribution in [0.15, 0.2) is 5.16 Å². The van der Waals surface area contributed by atoms with E-state index < -0.39 is 11.6 Å². The lowest BCUT2D eigenvalue weighted by molar-refractivity contribution is -0.130. The summed E-state index contributed by atoms with van der Waals surface area (Å²) in [4.78, 5) is 16.4. The molecule has 5 heteroatoms. The second-order valence-electron chi connectivity index (χ2n) is 5.49. The van der Waals surface area contributed by atoms with E-state index >= 15 is 0 Å². The molecule has 0 amide bonds. The molecule has 0 aliphatic carbocycles. The van der Waals surface area contributed by atoms with Gasteiger partial charge in [0, 0.05) is 6.61 Å². The number of carboxylic acid groups (broad SMARTS) is 1. The van der Waals surface area contributed by atoms with Crippen molar-refractivity contribution in [3.8, 4) is 0 Å². The largest absolute Gasteiger partial charge is 0.477 e. The molecule has 0 aromatic heterocycles. The Kier molecular flexibility index (Phi) is 3.12. The van der Waals surface area contributed by atoms with Gasteiger partial charge in [-0.25, -0.2) is 4.79 Å². The quantitative estimate of drug-likeness (QED) is 0.798. The third-order valence-corrected chi connectivity index (χ3v) is 3.59. The SMILES string of the molecule is C[C@@H]1CCO[C@H]([C@@H]2C(C(=O)O)=NOC2(C)C)C1. The van der Waals surface area contributed by atoms with E-state index in [1.165, 1.54) is 0 Å². The fraction of sp³-hybridized carbons (Fsp3) is 0.833. The van der Waals surface area contributed by atoms with Crippen LogP contribution in [-0.2, 0) is 14.4 Å². The third kappa shape index (κ3) is 2.29. The zero-order valence-electron chi connectivity index (χ0n) is 10.5. The summed E-state index contributed by atoms with van der Waals surface area (Å²) in [6.07, 6.45) is 1.79. The first-order chi connectivity index (χ1) is 7.92. The van der Waals surface area contributed by atoms with Gasteiger partial charge in [0.15, 0.2) is 5.71 Å². The zero-order chi connectivity index (χ0) is 12.6. The summed E-state index contributed by atoms with van der Waals surface area (Å²) in [6.45, 7) is 6.57. The van der Waals surface area contributed by atoms with E-state index in [-0.39, 0.29) is 17.7 Å². The molecule has 2 aliphatic heterocycles. The van der Waals surface area contributed by atoms with Crippen LogP contribution in [-0.4, -0.2) is 35.1 Å². The van der Waals surface area contributed by atoms with Crippen molar-refractivity contribution < 1.29 is 19.5 Å². The van der Waals surface area contributed by atoms with Crippen molar-refractivity contribution in [2.45, 2.75) is 45.3 Å². The highest BCUT2D eigenvalue weighted by atomic mass is 16.7. The molecule has 1 N–H and O–H groups in total. The number of carboxylic acids is 1. The second kappa shape index (κ2) is 4.29. The van der Waals surface area contributed by atoms with Crippen LogP contribution in [0.1, 0.15) is 33.6 Å². The van der Waals surface area contributed by atoms with Crippen LogP contribution in [0.3, 0.4) is 0 Å². The number of ether oxygens (including phenoxy) is 1. The molecule has 1 saturated heterocycles. The first-order valence-electron chi connectivity index (χ1n) is 6.03. The molecule has 0 spiro atoms. The number of hydrogen-bond donors (Lipinski definition) is 1. The zero-order valence-corrected chi connectivity index (χ0v) is 10.5. The summed E-state index contributed by atoms with van der Waals surface area (Å²) in [5.74, 6) is -0.745. The van der Waals surface area contributed by atoms with Gasteiger partial charge in [-0.2, -0.15) is 0 Å². The number of carbonyl (C=O) groups is 1. The molecule has 0 radical (unpaired) electrons. The molecule has 5 nitrogen and oxygen atoms in total. The number of aliphatic carboxylic acids is 1. The Morgan fingerprint density at radius 1 is 1.53 bits per heavy atom. The average molecular weight is 241 g/mol. The highest BCUT2D eigenvalue weighted by Gasteiger charge is 2.50. The van der Waals surface area contributed by atoms with Gasteiger partial charge in [0.25, 0.3) is 0 Å². The van der Waals surface area contributed by atoms with Crippen molar-refractivity contribution >= 4 is 11.7 Å². The Hall–Kier alpha value is -1.10. The Morgan fingerprint density at radius 2 is 2.24 bits per heavy atom. The molecule has 0 aromatic carbocycles. The molecule has 2 aliphatic rings. The summed E-state index contributed by atoms with van der Waals surface area (Å²) < 4.78 is 5.72. The van der Waals surface area contributed by atoms with Gasteiger partial charge in [-0.1, -0.05) is 12.1 Å². The Morgan fingerprint density at radius 3 is 2.82 bits per heavy atom. The summed E-state index contributed by atoms with van der Waals surface area (Å²) in [7, 11) is 0. The minimum Gasteiger partial charge on any atom is -0.477 e. The van der Waals surface area contributed by atoms with Crippen LogP contribution in [0.4, 0.5) is 0 Å². The van der Waals surface area contributed by atoms with E-state index in [4.69, 9.17) is 14.7 Å². The first-order valence-corrected chi connectivity index (χ1v) is 6.03. The van der Waals surface area contributed by atoms with E-state index in [9.17, 15) is 4.79 Å². The fourth-order valence-corrected chi connectivity index (χ4v) is 2.64. The predicted molar refractivity (Wildman–Crippen MR) is 61.9 cm³/mol. The van der Waals surface area contributed by atoms with E-state index in [1.54, 1.807) is 0 Å². The van der Waals surface area contributed by atoms with Gasteiger partial charge in [0.05, 0.1) is 12.0 Å². The molecule has 2 heterocycles. The predicted octanol–water partition coefficient (Wildman–Crippen LogP) is 1.67. The van der Waals surface area contributed by atoms with Crippen molar-refractivity contribution in [2.24, 2.45) is 17.0 Å². The third-order valence-electron chi connectivity index (χ3n) is 3.59. The number of hydrogen-bond acceptors (Lipinski definition) is 4. The van der Waals surface area contributed by atoms with Gasteiger partial charge in [0.1, 0.15) is 5.60 Å². The monoisotopic (exact) mass is 241 g/mol. The fourth-order valence-electron chi connectivity index (χ4n) is 2.64. The average Bonchev–Trinajstić information content (AvgIpc) is 2.54. The molecule has 96 valence electrons. The standard InChI is InChI=1S/C12H19NO4/c1-7-4-5-16-8(6-7)9-10(11(14)15)13-17-12(9,2)3/h7-9H,4-6H2,1-3H3,(H,14,15)/t7-,8+,9-/m1/s1. The molecule has 0 aromatic rings. The summed E-state index contributed by atoms with van der Waals surface area (Å²) in [5.41, 5.74) is -0.510. The Labute approximate surface area is 101 Å².